The summed E-state index contributed by atoms with van der Waals surface area (Å²) in [7, 11) is 0. The number of nitrogens with zero attached hydrogens (tertiary/aromatic N) is 3. The van der Waals surface area contributed by atoms with Gasteiger partial charge in [-0.3, -0.25) is 4.98 Å². The molecule has 0 unspecified atom stereocenters. The number of thioether (sulfide) groups is 1. The van der Waals surface area contributed by atoms with Crippen LogP contribution in [-0.2, 0) is 5.75 Å². The van der Waals surface area contributed by atoms with Crippen LogP contribution >= 0.6 is 11.8 Å². The summed E-state index contributed by atoms with van der Waals surface area (Å²) in [5.41, 5.74) is 7.05. The normalized spacial score (nSPS) is 11.2. The molecule has 5 nitrogen and oxygen atoms in total. The van der Waals surface area contributed by atoms with Gasteiger partial charge in [0.1, 0.15) is 0 Å². The van der Waals surface area contributed by atoms with Crippen molar-refractivity contribution in [2.24, 2.45) is 0 Å². The van der Waals surface area contributed by atoms with Crippen molar-refractivity contribution in [3.05, 3.63) is 81.4 Å². The van der Waals surface area contributed by atoms with Crippen LogP contribution in [0.5, 0.6) is 0 Å². The molecule has 0 aliphatic carbocycles. The minimum absolute atomic E-state index is 0.276. The monoisotopic (exact) mass is 376 g/mol. The van der Waals surface area contributed by atoms with Crippen molar-refractivity contribution in [1.29, 1.82) is 0 Å². The molecule has 2 heterocycles. The number of H-pyrrole nitrogens is 1. The number of aromatic amines is 1. The van der Waals surface area contributed by atoms with Crippen LogP contribution < -0.4 is 5.69 Å². The molecule has 6 heteroatoms. The van der Waals surface area contributed by atoms with E-state index in [-0.39, 0.29) is 5.69 Å². The SMILES string of the molecule is Cc1ccc(-c2cnn3c(=O)[nH]c(SCc4cc(C)ccc4C)nc23)cc1. The fourth-order valence-corrected chi connectivity index (χ4v) is 3.89. The lowest BCUT2D eigenvalue weighted by molar-refractivity contribution is 0.786. The van der Waals surface area contributed by atoms with E-state index in [0.29, 0.717) is 10.8 Å². The molecule has 4 aromatic rings. The minimum Gasteiger partial charge on any atom is -0.285 e. The Labute approximate surface area is 161 Å². The van der Waals surface area contributed by atoms with E-state index >= 15 is 0 Å². The zero-order chi connectivity index (χ0) is 19.0. The van der Waals surface area contributed by atoms with E-state index < -0.39 is 0 Å². The van der Waals surface area contributed by atoms with Crippen molar-refractivity contribution in [2.45, 2.75) is 31.7 Å². The third-order valence-electron chi connectivity index (χ3n) is 4.59. The van der Waals surface area contributed by atoms with E-state index in [1.165, 1.54) is 38.5 Å². The number of aromatic nitrogens is 4. The van der Waals surface area contributed by atoms with Gasteiger partial charge in [-0.1, -0.05) is 65.4 Å². The number of aryl methyl sites for hydroxylation is 3. The molecule has 1 N–H and O–H groups in total. The van der Waals surface area contributed by atoms with Crippen molar-refractivity contribution in [2.75, 3.05) is 0 Å². The van der Waals surface area contributed by atoms with Crippen molar-refractivity contribution >= 4 is 17.4 Å². The molecule has 0 amide bonds. The Morgan fingerprint density at radius 3 is 2.56 bits per heavy atom. The first-order chi connectivity index (χ1) is 13.0. The molecule has 0 aliphatic rings. The summed E-state index contributed by atoms with van der Waals surface area (Å²) >= 11 is 1.53. The molecule has 2 aromatic carbocycles. The van der Waals surface area contributed by atoms with Crippen LogP contribution in [0.1, 0.15) is 22.3 Å². The van der Waals surface area contributed by atoms with Gasteiger partial charge in [-0.25, -0.2) is 9.78 Å². The summed E-state index contributed by atoms with van der Waals surface area (Å²) < 4.78 is 1.32. The molecule has 0 saturated carbocycles. The standard InChI is InChI=1S/C21H20N4OS/c1-13-5-8-16(9-6-13)18-11-22-25-19(18)23-20(24-21(25)26)27-12-17-10-14(2)4-7-15(17)3/h4-11H,12H2,1-3H3,(H,23,24,26). The van der Waals surface area contributed by atoms with Crippen LogP contribution in [0.15, 0.2) is 58.6 Å². The molecule has 0 saturated heterocycles. The van der Waals surface area contributed by atoms with Crippen LogP contribution in [0.2, 0.25) is 0 Å². The van der Waals surface area contributed by atoms with E-state index in [1.807, 2.05) is 31.2 Å². The molecule has 136 valence electrons. The first-order valence-corrected chi connectivity index (χ1v) is 9.74. The van der Waals surface area contributed by atoms with Crippen LogP contribution in [-0.4, -0.2) is 19.6 Å². The molecular weight excluding hydrogens is 356 g/mol. The van der Waals surface area contributed by atoms with Crippen LogP contribution in [0.25, 0.3) is 16.8 Å². The van der Waals surface area contributed by atoms with Crippen molar-refractivity contribution in [3.63, 3.8) is 0 Å². The van der Waals surface area contributed by atoms with E-state index in [2.05, 4.69) is 47.1 Å². The van der Waals surface area contributed by atoms with Crippen molar-refractivity contribution in [1.82, 2.24) is 19.6 Å². The van der Waals surface area contributed by atoms with E-state index in [4.69, 9.17) is 0 Å². The number of fused-ring (bicyclic) bond motifs is 1. The van der Waals surface area contributed by atoms with Gasteiger partial charge in [0, 0.05) is 11.3 Å². The Balaban J connectivity index is 1.70. The molecule has 0 aliphatic heterocycles. The third kappa shape index (κ3) is 3.53. The number of nitrogens with one attached hydrogen (secondary N) is 1. The molecule has 0 atom stereocenters. The Morgan fingerprint density at radius 2 is 1.78 bits per heavy atom. The smallest absolute Gasteiger partial charge is 0.285 e. The number of hydrogen-bond acceptors (Lipinski definition) is 4. The molecule has 4 rings (SSSR count). The molecule has 27 heavy (non-hydrogen) atoms. The van der Waals surface area contributed by atoms with Gasteiger partial charge in [0.15, 0.2) is 10.8 Å². The van der Waals surface area contributed by atoms with Crippen molar-refractivity contribution < 1.29 is 0 Å². The average Bonchev–Trinajstić information content (AvgIpc) is 3.08. The molecule has 2 aromatic heterocycles. The second-order valence-corrected chi connectivity index (χ2v) is 7.69. The van der Waals surface area contributed by atoms with Gasteiger partial charge in [-0.2, -0.15) is 9.61 Å². The largest absolute Gasteiger partial charge is 0.350 e. The van der Waals surface area contributed by atoms with E-state index in [9.17, 15) is 4.79 Å². The Kier molecular flexibility index (Phi) is 4.58. The summed E-state index contributed by atoms with van der Waals surface area (Å²) in [5.74, 6) is 0.751. The van der Waals surface area contributed by atoms with Crippen LogP contribution in [0.3, 0.4) is 0 Å². The summed E-state index contributed by atoms with van der Waals surface area (Å²) in [4.78, 5) is 19.9. The lowest BCUT2D eigenvalue weighted by Crippen LogP contribution is -2.19. The highest BCUT2D eigenvalue weighted by molar-refractivity contribution is 7.98. The highest BCUT2D eigenvalue weighted by Gasteiger charge is 2.12. The second-order valence-electron chi connectivity index (χ2n) is 6.73. The van der Waals surface area contributed by atoms with E-state index in [1.54, 1.807) is 6.20 Å². The van der Waals surface area contributed by atoms with Gasteiger partial charge >= 0.3 is 5.69 Å². The maximum atomic E-state index is 12.4. The number of rotatable bonds is 4. The highest BCUT2D eigenvalue weighted by atomic mass is 32.2. The first-order valence-electron chi connectivity index (χ1n) is 8.75. The molecular formula is C21H20N4OS. The topological polar surface area (TPSA) is 63.1 Å². The Hall–Kier alpha value is -2.86. The fraction of sp³-hybridized carbons (Fsp3) is 0.190. The molecule has 0 fully saturated rings. The first kappa shape index (κ1) is 17.5. The van der Waals surface area contributed by atoms with Gasteiger partial charge in [-0.05, 0) is 37.5 Å². The van der Waals surface area contributed by atoms with Crippen LogP contribution in [0.4, 0.5) is 0 Å². The third-order valence-corrected chi connectivity index (χ3v) is 5.51. The fourth-order valence-electron chi connectivity index (χ4n) is 2.97. The second kappa shape index (κ2) is 7.04. The Bertz CT molecular complexity index is 1180. The maximum absolute atomic E-state index is 12.4. The van der Waals surface area contributed by atoms with E-state index in [0.717, 1.165) is 16.9 Å². The molecule has 0 spiro atoms. The Morgan fingerprint density at radius 1 is 1.04 bits per heavy atom. The van der Waals surface area contributed by atoms with Gasteiger partial charge in [0.05, 0.1) is 6.20 Å². The predicted molar refractivity (Wildman–Crippen MR) is 109 cm³/mol. The molecule has 0 bridgehead atoms. The average molecular weight is 376 g/mol. The lowest BCUT2D eigenvalue weighted by Gasteiger charge is -2.07. The zero-order valence-corrected chi connectivity index (χ0v) is 16.3. The molecule has 0 radical (unpaired) electrons. The number of benzene rings is 2. The van der Waals surface area contributed by atoms with Gasteiger partial charge in [0.2, 0.25) is 0 Å². The van der Waals surface area contributed by atoms with Gasteiger partial charge < -0.3 is 0 Å². The quantitative estimate of drug-likeness (QED) is 0.539. The summed E-state index contributed by atoms with van der Waals surface area (Å²) in [5, 5.41) is 4.80. The zero-order valence-electron chi connectivity index (χ0n) is 15.5. The summed E-state index contributed by atoms with van der Waals surface area (Å²) in [6.45, 7) is 6.23. The van der Waals surface area contributed by atoms with Crippen molar-refractivity contribution in [3.8, 4) is 11.1 Å². The summed E-state index contributed by atoms with van der Waals surface area (Å²) in [6.07, 6.45) is 1.70. The maximum Gasteiger partial charge on any atom is 0.350 e. The lowest BCUT2D eigenvalue weighted by atomic mass is 10.1. The van der Waals surface area contributed by atoms with Crippen LogP contribution in [0, 0.1) is 20.8 Å². The van der Waals surface area contributed by atoms with Gasteiger partial charge in [0.25, 0.3) is 0 Å². The van der Waals surface area contributed by atoms with Gasteiger partial charge in [-0.15, -0.1) is 0 Å². The predicted octanol–water partition coefficient (Wildman–Crippen LogP) is 4.30. The summed E-state index contributed by atoms with van der Waals surface area (Å²) in [6, 6.07) is 14.5. The highest BCUT2D eigenvalue weighted by Crippen LogP contribution is 2.26. The minimum atomic E-state index is -0.276. The number of hydrogen-bond donors (Lipinski definition) is 1.